The number of nitrogens with zero attached hydrogens (tertiary/aromatic N) is 2. The van der Waals surface area contributed by atoms with Crippen LogP contribution in [0.15, 0.2) is 18.2 Å². The molecule has 1 aliphatic rings. The number of hydrogen-bond donors (Lipinski definition) is 0. The molecule has 0 unspecified atom stereocenters. The molecular weight excluding hydrogens is 289 g/mol. The molecule has 2 rings (SSSR count). The summed E-state index contributed by atoms with van der Waals surface area (Å²) in [5, 5.41) is 0. The van der Waals surface area contributed by atoms with Crippen molar-refractivity contribution in [2.75, 3.05) is 38.1 Å². The summed E-state index contributed by atoms with van der Waals surface area (Å²) in [5.74, 6) is 0. The Morgan fingerprint density at radius 3 is 2.09 bits per heavy atom. The zero-order valence-corrected chi connectivity index (χ0v) is 13.8. The van der Waals surface area contributed by atoms with Crippen LogP contribution >= 0.6 is 0 Å². The van der Waals surface area contributed by atoms with E-state index in [9.17, 15) is 13.2 Å². The highest BCUT2D eigenvalue weighted by Crippen LogP contribution is 2.33. The van der Waals surface area contributed by atoms with Gasteiger partial charge in [0.2, 0.25) is 0 Å². The lowest BCUT2D eigenvalue weighted by atomic mass is 9.85. The van der Waals surface area contributed by atoms with Crippen LogP contribution in [0.4, 0.5) is 18.9 Å². The van der Waals surface area contributed by atoms with E-state index in [-0.39, 0.29) is 5.41 Å². The molecule has 1 aromatic carbocycles. The second-order valence-corrected chi connectivity index (χ2v) is 7.18. The second-order valence-electron chi connectivity index (χ2n) is 7.18. The van der Waals surface area contributed by atoms with Gasteiger partial charge in [-0.3, -0.25) is 0 Å². The quantitative estimate of drug-likeness (QED) is 0.818. The first-order valence-electron chi connectivity index (χ1n) is 7.70. The zero-order valence-electron chi connectivity index (χ0n) is 13.8. The monoisotopic (exact) mass is 314 g/mol. The van der Waals surface area contributed by atoms with Gasteiger partial charge in [-0.2, -0.15) is 13.2 Å². The largest absolute Gasteiger partial charge is 0.393 e. The average molecular weight is 314 g/mol. The van der Waals surface area contributed by atoms with Crippen LogP contribution in [0.1, 0.15) is 31.9 Å². The Bertz CT molecular complexity index is 510. The lowest BCUT2D eigenvalue weighted by molar-refractivity contribution is -0.127. The van der Waals surface area contributed by atoms with Gasteiger partial charge in [0.1, 0.15) is 0 Å². The highest BCUT2D eigenvalue weighted by atomic mass is 19.4. The maximum absolute atomic E-state index is 13.0. The topological polar surface area (TPSA) is 6.48 Å². The van der Waals surface area contributed by atoms with Crippen molar-refractivity contribution in [3.63, 3.8) is 0 Å². The van der Waals surface area contributed by atoms with Crippen molar-refractivity contribution < 1.29 is 13.2 Å². The maximum atomic E-state index is 13.0. The molecule has 1 saturated heterocycles. The van der Waals surface area contributed by atoms with E-state index in [0.29, 0.717) is 5.56 Å². The number of benzene rings is 1. The summed E-state index contributed by atoms with van der Waals surface area (Å²) < 4.78 is 38.9. The first-order valence-corrected chi connectivity index (χ1v) is 7.70. The fourth-order valence-corrected chi connectivity index (χ4v) is 2.77. The number of alkyl halides is 3. The Morgan fingerprint density at radius 1 is 1.00 bits per heavy atom. The SMILES string of the molecule is CN1CCN(c2ccc(C(C)(C)C)cc2CC(F)(F)F)CC1. The van der Waals surface area contributed by atoms with Crippen LogP contribution < -0.4 is 4.90 Å². The molecule has 0 atom stereocenters. The number of piperazine rings is 1. The molecule has 0 aromatic heterocycles. The molecule has 1 heterocycles. The van der Waals surface area contributed by atoms with Crippen molar-refractivity contribution in [1.82, 2.24) is 4.90 Å². The maximum Gasteiger partial charge on any atom is 0.393 e. The molecule has 0 amide bonds. The second kappa shape index (κ2) is 6.11. The van der Waals surface area contributed by atoms with Gasteiger partial charge < -0.3 is 9.80 Å². The predicted octanol–water partition coefficient (Wildman–Crippen LogP) is 3.84. The lowest BCUT2D eigenvalue weighted by Gasteiger charge is -2.36. The molecule has 0 aliphatic carbocycles. The normalized spacial score (nSPS) is 17.9. The molecule has 1 aliphatic heterocycles. The fourth-order valence-electron chi connectivity index (χ4n) is 2.77. The summed E-state index contributed by atoms with van der Waals surface area (Å²) in [6.45, 7) is 9.38. The van der Waals surface area contributed by atoms with E-state index in [1.54, 1.807) is 6.07 Å². The Morgan fingerprint density at radius 2 is 1.59 bits per heavy atom. The number of hydrogen-bond acceptors (Lipinski definition) is 2. The van der Waals surface area contributed by atoms with Gasteiger partial charge in [-0.25, -0.2) is 0 Å². The van der Waals surface area contributed by atoms with Crippen molar-refractivity contribution in [3.05, 3.63) is 29.3 Å². The number of rotatable bonds is 2. The molecule has 0 spiro atoms. The van der Waals surface area contributed by atoms with Crippen molar-refractivity contribution in [2.45, 2.75) is 38.8 Å². The third-order valence-corrected chi connectivity index (χ3v) is 4.18. The standard InChI is InChI=1S/C17H25F3N2/c1-16(2,3)14-5-6-15(13(11-14)12-17(18,19)20)22-9-7-21(4)8-10-22/h5-6,11H,7-10,12H2,1-4H3. The average Bonchev–Trinajstić information content (AvgIpc) is 2.37. The van der Waals surface area contributed by atoms with Crippen LogP contribution in [0.5, 0.6) is 0 Å². The smallest absolute Gasteiger partial charge is 0.369 e. The van der Waals surface area contributed by atoms with E-state index in [1.165, 1.54) is 0 Å². The highest BCUT2D eigenvalue weighted by Gasteiger charge is 2.31. The van der Waals surface area contributed by atoms with E-state index in [0.717, 1.165) is 37.4 Å². The minimum atomic E-state index is -4.18. The van der Waals surface area contributed by atoms with E-state index in [1.807, 2.05) is 40.0 Å². The third-order valence-electron chi connectivity index (χ3n) is 4.18. The van der Waals surface area contributed by atoms with E-state index >= 15 is 0 Å². The van der Waals surface area contributed by atoms with Gasteiger partial charge in [0.25, 0.3) is 0 Å². The molecular formula is C17H25F3N2. The fraction of sp³-hybridized carbons (Fsp3) is 0.647. The van der Waals surface area contributed by atoms with Crippen LogP contribution in [0, 0.1) is 0 Å². The number of halogens is 3. The first kappa shape index (κ1) is 17.1. The van der Waals surface area contributed by atoms with Crippen molar-refractivity contribution in [2.24, 2.45) is 0 Å². The van der Waals surface area contributed by atoms with Gasteiger partial charge >= 0.3 is 6.18 Å². The Labute approximate surface area is 130 Å². The Kier molecular flexibility index (Phi) is 4.76. The van der Waals surface area contributed by atoms with E-state index in [4.69, 9.17) is 0 Å². The predicted molar refractivity (Wildman–Crippen MR) is 84.6 cm³/mol. The zero-order chi connectivity index (χ0) is 16.5. The minimum absolute atomic E-state index is 0.152. The summed E-state index contributed by atoms with van der Waals surface area (Å²) in [4.78, 5) is 4.27. The van der Waals surface area contributed by atoms with Crippen molar-refractivity contribution >= 4 is 5.69 Å². The Hall–Kier alpha value is -1.23. The van der Waals surface area contributed by atoms with Crippen LogP contribution in [0.25, 0.3) is 0 Å². The number of likely N-dealkylation sites (N-methyl/N-ethyl adjacent to an activating group) is 1. The molecule has 0 saturated carbocycles. The molecule has 2 nitrogen and oxygen atoms in total. The molecule has 1 fully saturated rings. The third kappa shape index (κ3) is 4.38. The van der Waals surface area contributed by atoms with Gasteiger partial charge in [-0.15, -0.1) is 0 Å². The van der Waals surface area contributed by atoms with Gasteiger partial charge in [0, 0.05) is 31.9 Å². The van der Waals surface area contributed by atoms with Crippen LogP contribution in [0.2, 0.25) is 0 Å². The molecule has 0 bridgehead atoms. The number of anilines is 1. The Balaban J connectivity index is 2.35. The van der Waals surface area contributed by atoms with Gasteiger partial charge in [0.05, 0.1) is 6.42 Å². The summed E-state index contributed by atoms with van der Waals surface area (Å²) in [7, 11) is 2.04. The lowest BCUT2D eigenvalue weighted by Crippen LogP contribution is -2.45. The van der Waals surface area contributed by atoms with Crippen LogP contribution in [-0.2, 0) is 11.8 Å². The summed E-state index contributed by atoms with van der Waals surface area (Å²) in [5.41, 5.74) is 1.92. The molecule has 1 aromatic rings. The van der Waals surface area contributed by atoms with Gasteiger partial charge in [-0.05, 0) is 29.7 Å². The summed E-state index contributed by atoms with van der Waals surface area (Å²) in [6, 6.07) is 5.57. The molecule has 0 N–H and O–H groups in total. The van der Waals surface area contributed by atoms with Gasteiger partial charge in [0.15, 0.2) is 0 Å². The minimum Gasteiger partial charge on any atom is -0.369 e. The van der Waals surface area contributed by atoms with Crippen molar-refractivity contribution in [3.8, 4) is 0 Å². The van der Waals surface area contributed by atoms with Crippen LogP contribution in [0.3, 0.4) is 0 Å². The highest BCUT2D eigenvalue weighted by molar-refractivity contribution is 5.56. The van der Waals surface area contributed by atoms with Crippen molar-refractivity contribution in [1.29, 1.82) is 0 Å². The molecule has 124 valence electrons. The first-order chi connectivity index (χ1) is 10.1. The molecule has 22 heavy (non-hydrogen) atoms. The van der Waals surface area contributed by atoms with Gasteiger partial charge in [-0.1, -0.05) is 32.9 Å². The van der Waals surface area contributed by atoms with Crippen LogP contribution in [-0.4, -0.2) is 44.3 Å². The molecule has 5 heteroatoms. The summed E-state index contributed by atoms with van der Waals surface area (Å²) in [6.07, 6.45) is -5.05. The van der Waals surface area contributed by atoms with E-state index < -0.39 is 12.6 Å². The molecule has 0 radical (unpaired) electrons. The van der Waals surface area contributed by atoms with E-state index in [2.05, 4.69) is 9.80 Å². The summed E-state index contributed by atoms with van der Waals surface area (Å²) >= 11 is 0.